The number of allylic oxidation sites excluding steroid dienone is 1. The average Bonchev–Trinajstić information content (AvgIpc) is 3.11. The van der Waals surface area contributed by atoms with Crippen LogP contribution in [0.2, 0.25) is 0 Å². The number of carbonyl (C=O) groups is 1. The van der Waals surface area contributed by atoms with Gasteiger partial charge in [-0.05, 0) is 73.9 Å². The number of fused-ring (bicyclic) bond motifs is 1. The molecule has 3 aromatic rings. The second-order valence-electron chi connectivity index (χ2n) is 7.73. The fourth-order valence-corrected chi connectivity index (χ4v) is 4.09. The van der Waals surface area contributed by atoms with Crippen LogP contribution < -0.4 is 14.4 Å². The highest BCUT2D eigenvalue weighted by Crippen LogP contribution is 2.37. The summed E-state index contributed by atoms with van der Waals surface area (Å²) in [6.45, 7) is 8.55. The fraction of sp³-hybridized carbons (Fsp3) is 0.222. The largest absolute Gasteiger partial charge is 0.489 e. The summed E-state index contributed by atoms with van der Waals surface area (Å²) in [5, 5.41) is 0. The number of hydrogen-bond acceptors (Lipinski definition) is 4. The molecule has 1 aliphatic heterocycles. The number of ketones is 1. The van der Waals surface area contributed by atoms with Crippen LogP contribution in [-0.2, 0) is 6.61 Å². The van der Waals surface area contributed by atoms with Gasteiger partial charge in [0.15, 0.2) is 5.76 Å². The maximum absolute atomic E-state index is 13.0. The number of hydrogen-bond donors (Lipinski definition) is 0. The number of anilines is 1. The summed E-state index contributed by atoms with van der Waals surface area (Å²) in [6, 6.07) is 19.9. The zero-order valence-electron chi connectivity index (χ0n) is 18.5. The first-order chi connectivity index (χ1) is 15.5. The number of halogens is 1. The van der Waals surface area contributed by atoms with E-state index in [0.29, 0.717) is 29.4 Å². The van der Waals surface area contributed by atoms with Crippen LogP contribution in [0.5, 0.6) is 11.5 Å². The monoisotopic (exact) mass is 491 g/mol. The average molecular weight is 492 g/mol. The lowest BCUT2D eigenvalue weighted by molar-refractivity contribution is 0.101. The van der Waals surface area contributed by atoms with Crippen LogP contribution in [0.4, 0.5) is 5.69 Å². The number of ether oxygens (including phenoxy) is 2. The molecule has 0 radical (unpaired) electrons. The van der Waals surface area contributed by atoms with Gasteiger partial charge in [0, 0.05) is 29.3 Å². The van der Waals surface area contributed by atoms with Crippen molar-refractivity contribution in [2.24, 2.45) is 0 Å². The van der Waals surface area contributed by atoms with E-state index in [4.69, 9.17) is 9.47 Å². The van der Waals surface area contributed by atoms with Crippen molar-refractivity contribution in [2.75, 3.05) is 18.0 Å². The second-order valence-corrected chi connectivity index (χ2v) is 8.65. The maximum Gasteiger partial charge on any atom is 0.232 e. The summed E-state index contributed by atoms with van der Waals surface area (Å²) in [5.41, 5.74) is 4.62. The highest BCUT2D eigenvalue weighted by Gasteiger charge is 2.30. The normalized spacial score (nSPS) is 13.8. The van der Waals surface area contributed by atoms with Crippen LogP contribution in [0, 0.1) is 6.92 Å². The lowest BCUT2D eigenvalue weighted by atomic mass is 10.0. The van der Waals surface area contributed by atoms with Gasteiger partial charge >= 0.3 is 0 Å². The van der Waals surface area contributed by atoms with Crippen molar-refractivity contribution in [3.8, 4) is 11.5 Å². The van der Waals surface area contributed by atoms with E-state index in [1.807, 2.05) is 49.4 Å². The molecule has 0 N–H and O–H groups in total. The van der Waals surface area contributed by atoms with Crippen molar-refractivity contribution in [3.05, 3.63) is 93.1 Å². The van der Waals surface area contributed by atoms with Gasteiger partial charge in [-0.15, -0.1) is 0 Å². The third-order valence-corrected chi connectivity index (χ3v) is 6.11. The van der Waals surface area contributed by atoms with Crippen molar-refractivity contribution < 1.29 is 14.3 Å². The number of aryl methyl sites for hydroxylation is 1. The third kappa shape index (κ3) is 4.73. The van der Waals surface area contributed by atoms with Gasteiger partial charge in [-0.3, -0.25) is 4.79 Å². The molecule has 32 heavy (non-hydrogen) atoms. The molecule has 1 heterocycles. The molecule has 0 bridgehead atoms. The van der Waals surface area contributed by atoms with Crippen LogP contribution in [0.15, 0.2) is 70.9 Å². The van der Waals surface area contributed by atoms with Gasteiger partial charge in [0.2, 0.25) is 5.78 Å². The van der Waals surface area contributed by atoms with E-state index in [9.17, 15) is 4.79 Å². The topological polar surface area (TPSA) is 38.8 Å². The van der Waals surface area contributed by atoms with Crippen LogP contribution in [0.25, 0.3) is 6.08 Å². The SMILES string of the molecule is CCN(CC)c1ccc(/C=C2\Oc3cc(OCc4ccc(Br)cc4)cc(C)c3C2=O)cc1. The van der Waals surface area contributed by atoms with Crippen molar-refractivity contribution in [3.63, 3.8) is 0 Å². The first kappa shape index (κ1) is 22.2. The summed E-state index contributed by atoms with van der Waals surface area (Å²) in [6.07, 6.45) is 1.80. The maximum atomic E-state index is 13.0. The quantitative estimate of drug-likeness (QED) is 0.340. The Bertz CT molecular complexity index is 1150. The lowest BCUT2D eigenvalue weighted by Gasteiger charge is -2.20. The first-order valence-electron chi connectivity index (χ1n) is 10.8. The molecule has 0 aromatic heterocycles. The predicted molar refractivity (Wildman–Crippen MR) is 133 cm³/mol. The molecule has 0 atom stereocenters. The Morgan fingerprint density at radius 1 is 1.00 bits per heavy atom. The van der Waals surface area contributed by atoms with E-state index < -0.39 is 0 Å². The molecule has 0 saturated carbocycles. The molecule has 4 nitrogen and oxygen atoms in total. The standard InChI is InChI=1S/C27H26BrNO3/c1-4-29(5-2)22-12-8-19(9-13-22)15-25-27(30)26-18(3)14-23(16-24(26)32-25)31-17-20-6-10-21(28)11-7-20/h6-16H,4-5,17H2,1-3H3/b25-15-. The van der Waals surface area contributed by atoms with E-state index in [0.717, 1.165) is 34.3 Å². The van der Waals surface area contributed by atoms with Crippen molar-refractivity contribution in [1.82, 2.24) is 0 Å². The van der Waals surface area contributed by atoms with Gasteiger partial charge < -0.3 is 14.4 Å². The Morgan fingerprint density at radius 3 is 2.34 bits per heavy atom. The molecule has 5 heteroatoms. The molecule has 0 saturated heterocycles. The molecule has 164 valence electrons. The van der Waals surface area contributed by atoms with Gasteiger partial charge in [0.1, 0.15) is 18.1 Å². The smallest absolute Gasteiger partial charge is 0.232 e. The molecule has 0 amide bonds. The lowest BCUT2D eigenvalue weighted by Crippen LogP contribution is -2.21. The van der Waals surface area contributed by atoms with Gasteiger partial charge in [0.25, 0.3) is 0 Å². The highest BCUT2D eigenvalue weighted by atomic mass is 79.9. The van der Waals surface area contributed by atoms with Gasteiger partial charge in [0.05, 0.1) is 5.56 Å². The summed E-state index contributed by atoms with van der Waals surface area (Å²) in [7, 11) is 0. The van der Waals surface area contributed by atoms with E-state index in [2.05, 4.69) is 46.8 Å². The Hall–Kier alpha value is -3.05. The molecule has 3 aromatic carbocycles. The Morgan fingerprint density at radius 2 is 1.69 bits per heavy atom. The van der Waals surface area contributed by atoms with Gasteiger partial charge in [-0.1, -0.05) is 40.2 Å². The summed E-state index contributed by atoms with van der Waals surface area (Å²) in [4.78, 5) is 15.2. The molecule has 0 spiro atoms. The minimum Gasteiger partial charge on any atom is -0.489 e. The minimum atomic E-state index is -0.0928. The zero-order valence-corrected chi connectivity index (χ0v) is 20.1. The highest BCUT2D eigenvalue weighted by molar-refractivity contribution is 9.10. The molecular weight excluding hydrogens is 466 g/mol. The zero-order chi connectivity index (χ0) is 22.7. The second kappa shape index (κ2) is 9.61. The Balaban J connectivity index is 1.51. The molecular formula is C27H26BrNO3. The molecule has 0 unspecified atom stereocenters. The summed E-state index contributed by atoms with van der Waals surface area (Å²) >= 11 is 3.44. The predicted octanol–water partition coefficient (Wildman–Crippen LogP) is 6.80. The van der Waals surface area contributed by atoms with Crippen LogP contribution in [0.1, 0.15) is 40.9 Å². The number of benzene rings is 3. The molecule has 1 aliphatic rings. The Labute approximate surface area is 197 Å². The van der Waals surface area contributed by atoms with Gasteiger partial charge in [-0.25, -0.2) is 0 Å². The number of rotatable bonds is 7. The summed E-state index contributed by atoms with van der Waals surface area (Å²) < 4.78 is 12.9. The van der Waals surface area contributed by atoms with E-state index >= 15 is 0 Å². The fourth-order valence-electron chi connectivity index (χ4n) is 3.83. The minimum absolute atomic E-state index is 0.0928. The van der Waals surface area contributed by atoms with Crippen molar-refractivity contribution in [2.45, 2.75) is 27.4 Å². The number of carbonyl (C=O) groups excluding carboxylic acids is 1. The Kier molecular flexibility index (Phi) is 6.66. The van der Waals surface area contributed by atoms with E-state index in [-0.39, 0.29) is 5.78 Å². The van der Waals surface area contributed by atoms with Crippen molar-refractivity contribution >= 4 is 33.5 Å². The third-order valence-electron chi connectivity index (χ3n) is 5.58. The molecule has 4 rings (SSSR count). The van der Waals surface area contributed by atoms with E-state index in [1.54, 1.807) is 12.1 Å². The number of Topliss-reactive ketones (excluding diaryl/α,β-unsaturated/α-hetero) is 1. The van der Waals surface area contributed by atoms with Crippen LogP contribution >= 0.6 is 15.9 Å². The summed E-state index contributed by atoms with van der Waals surface area (Å²) in [5.74, 6) is 1.47. The first-order valence-corrected chi connectivity index (χ1v) is 11.6. The van der Waals surface area contributed by atoms with Crippen molar-refractivity contribution in [1.29, 1.82) is 0 Å². The van der Waals surface area contributed by atoms with E-state index in [1.165, 1.54) is 5.69 Å². The number of nitrogens with zero attached hydrogens (tertiary/aromatic N) is 1. The van der Waals surface area contributed by atoms with Crippen LogP contribution in [-0.4, -0.2) is 18.9 Å². The molecule has 0 fully saturated rings. The van der Waals surface area contributed by atoms with Crippen LogP contribution in [0.3, 0.4) is 0 Å². The molecule has 0 aliphatic carbocycles. The van der Waals surface area contributed by atoms with Gasteiger partial charge in [-0.2, -0.15) is 0 Å².